The Bertz CT molecular complexity index is 1090. The molecule has 0 fully saturated rings. The Morgan fingerprint density at radius 1 is 1.00 bits per heavy atom. The highest BCUT2D eigenvalue weighted by atomic mass is 16.6. The van der Waals surface area contributed by atoms with Crippen LogP contribution in [0.5, 0.6) is 28.7 Å². The van der Waals surface area contributed by atoms with Gasteiger partial charge < -0.3 is 14.2 Å². The van der Waals surface area contributed by atoms with E-state index < -0.39 is 4.92 Å². The predicted octanol–water partition coefficient (Wildman–Crippen LogP) is 4.93. The van der Waals surface area contributed by atoms with Crippen molar-refractivity contribution in [3.8, 4) is 28.7 Å². The number of ketones is 1. The Kier molecular flexibility index (Phi) is 4.41. The molecule has 3 aromatic carbocycles. The van der Waals surface area contributed by atoms with Gasteiger partial charge in [0.25, 0.3) is 5.69 Å². The topological polar surface area (TPSA) is 87.9 Å². The first kappa shape index (κ1) is 17.5. The molecule has 4 rings (SSSR count). The normalized spacial score (nSPS) is 12.2. The maximum absolute atomic E-state index is 12.9. The van der Waals surface area contributed by atoms with Gasteiger partial charge in [0.2, 0.25) is 0 Å². The van der Waals surface area contributed by atoms with Crippen molar-refractivity contribution in [3.63, 3.8) is 0 Å². The Morgan fingerprint density at radius 3 is 2.57 bits per heavy atom. The van der Waals surface area contributed by atoms with E-state index in [1.165, 1.54) is 19.2 Å². The van der Waals surface area contributed by atoms with Crippen molar-refractivity contribution in [1.29, 1.82) is 0 Å². The summed E-state index contributed by atoms with van der Waals surface area (Å²) < 4.78 is 16.9. The summed E-state index contributed by atoms with van der Waals surface area (Å²) in [5, 5.41) is 11.4. The van der Waals surface area contributed by atoms with Crippen molar-refractivity contribution in [2.24, 2.45) is 0 Å². The fraction of sp³-hybridized carbons (Fsp3) is 0.0952. The number of ether oxygens (including phenoxy) is 3. The molecule has 0 aromatic heterocycles. The molecule has 1 aliphatic rings. The SMILES string of the molecule is COc1cccc(Oc2cc([N+](=O)[O-])cc3c2C(=O)Cc2ccccc2O3)c1. The first-order valence-electron chi connectivity index (χ1n) is 8.48. The minimum Gasteiger partial charge on any atom is -0.497 e. The van der Waals surface area contributed by atoms with Crippen LogP contribution < -0.4 is 14.2 Å². The number of hydrogen-bond donors (Lipinski definition) is 0. The molecule has 0 radical (unpaired) electrons. The number of nitrogens with zero attached hydrogens (tertiary/aromatic N) is 1. The van der Waals surface area contributed by atoms with Gasteiger partial charge in [0.1, 0.15) is 34.3 Å². The van der Waals surface area contributed by atoms with Crippen LogP contribution in [-0.4, -0.2) is 17.8 Å². The molecule has 0 saturated carbocycles. The number of methoxy groups -OCH3 is 1. The first-order valence-corrected chi connectivity index (χ1v) is 8.48. The first-order chi connectivity index (χ1) is 13.5. The molecule has 0 bridgehead atoms. The van der Waals surface area contributed by atoms with E-state index in [2.05, 4.69) is 0 Å². The number of para-hydroxylation sites is 1. The van der Waals surface area contributed by atoms with Crippen LogP contribution in [0, 0.1) is 10.1 Å². The van der Waals surface area contributed by atoms with Gasteiger partial charge in [-0.25, -0.2) is 0 Å². The molecule has 0 atom stereocenters. The molecule has 140 valence electrons. The van der Waals surface area contributed by atoms with Crippen molar-refractivity contribution in [1.82, 2.24) is 0 Å². The smallest absolute Gasteiger partial charge is 0.276 e. The van der Waals surface area contributed by atoms with Gasteiger partial charge in [-0.2, -0.15) is 0 Å². The highest BCUT2D eigenvalue weighted by molar-refractivity contribution is 6.04. The van der Waals surface area contributed by atoms with Gasteiger partial charge in [-0.3, -0.25) is 14.9 Å². The monoisotopic (exact) mass is 377 g/mol. The molecular formula is C21H15NO6. The summed E-state index contributed by atoms with van der Waals surface area (Å²) >= 11 is 0. The van der Waals surface area contributed by atoms with Crippen molar-refractivity contribution < 1.29 is 23.9 Å². The lowest BCUT2D eigenvalue weighted by atomic mass is 10.0. The molecule has 0 saturated heterocycles. The number of nitro benzene ring substituents is 1. The second-order valence-electron chi connectivity index (χ2n) is 6.16. The van der Waals surface area contributed by atoms with E-state index in [0.717, 1.165) is 0 Å². The predicted molar refractivity (Wildman–Crippen MR) is 101 cm³/mol. The molecule has 0 unspecified atom stereocenters. The summed E-state index contributed by atoms with van der Waals surface area (Å²) in [6.07, 6.45) is 0.107. The van der Waals surface area contributed by atoms with Gasteiger partial charge >= 0.3 is 0 Å². The molecule has 7 nitrogen and oxygen atoms in total. The minimum atomic E-state index is -0.552. The molecule has 3 aromatic rings. The van der Waals surface area contributed by atoms with Crippen molar-refractivity contribution >= 4 is 11.5 Å². The minimum absolute atomic E-state index is 0.0651. The number of Topliss-reactive ketones (excluding diaryl/α,β-unsaturated/α-hetero) is 1. The largest absolute Gasteiger partial charge is 0.497 e. The second-order valence-corrected chi connectivity index (χ2v) is 6.16. The number of nitro groups is 1. The van der Waals surface area contributed by atoms with Crippen LogP contribution in [0.4, 0.5) is 5.69 Å². The number of carbonyl (C=O) groups excluding carboxylic acids is 1. The molecule has 7 heteroatoms. The lowest BCUT2D eigenvalue weighted by molar-refractivity contribution is -0.385. The highest BCUT2D eigenvalue weighted by Crippen LogP contribution is 2.42. The molecule has 28 heavy (non-hydrogen) atoms. The number of carbonyl (C=O) groups is 1. The zero-order valence-corrected chi connectivity index (χ0v) is 14.9. The number of non-ortho nitro benzene ring substituents is 1. The van der Waals surface area contributed by atoms with E-state index in [1.54, 1.807) is 42.5 Å². The second kappa shape index (κ2) is 7.03. The lowest BCUT2D eigenvalue weighted by Crippen LogP contribution is -2.05. The van der Waals surface area contributed by atoms with Crippen molar-refractivity contribution in [2.45, 2.75) is 6.42 Å². The number of benzene rings is 3. The summed E-state index contributed by atoms with van der Waals surface area (Å²) in [4.78, 5) is 23.8. The Hall–Kier alpha value is -3.87. The Labute approximate surface area is 160 Å². The number of hydrogen-bond acceptors (Lipinski definition) is 6. The quantitative estimate of drug-likeness (QED) is 0.473. The number of rotatable bonds is 4. The van der Waals surface area contributed by atoms with E-state index in [9.17, 15) is 14.9 Å². The van der Waals surface area contributed by atoms with Gasteiger partial charge in [0.15, 0.2) is 5.78 Å². The van der Waals surface area contributed by atoms with Crippen molar-refractivity contribution in [3.05, 3.63) is 81.9 Å². The summed E-state index contributed by atoms with van der Waals surface area (Å²) in [5.74, 6) is 1.35. The van der Waals surface area contributed by atoms with Crippen LogP contribution >= 0.6 is 0 Å². The average Bonchev–Trinajstić information content (AvgIpc) is 2.83. The summed E-state index contributed by atoms with van der Waals surface area (Å²) in [6, 6.07) is 16.3. The third-order valence-corrected chi connectivity index (χ3v) is 4.35. The van der Waals surface area contributed by atoms with Crippen LogP contribution in [0.2, 0.25) is 0 Å². The van der Waals surface area contributed by atoms with E-state index >= 15 is 0 Å². The Morgan fingerprint density at radius 2 is 1.79 bits per heavy atom. The molecule has 0 aliphatic carbocycles. The van der Waals surface area contributed by atoms with Crippen LogP contribution in [0.25, 0.3) is 0 Å². The molecule has 0 N–H and O–H groups in total. The van der Waals surface area contributed by atoms with Crippen LogP contribution in [0.15, 0.2) is 60.7 Å². The van der Waals surface area contributed by atoms with Gasteiger partial charge in [0, 0.05) is 18.1 Å². The summed E-state index contributed by atoms with van der Waals surface area (Å²) in [7, 11) is 1.52. The Balaban J connectivity index is 1.85. The average molecular weight is 377 g/mol. The fourth-order valence-electron chi connectivity index (χ4n) is 3.04. The van der Waals surface area contributed by atoms with E-state index in [4.69, 9.17) is 14.2 Å². The zero-order chi connectivity index (χ0) is 19.7. The molecule has 1 heterocycles. The van der Waals surface area contributed by atoms with Gasteiger partial charge in [-0.15, -0.1) is 0 Å². The summed E-state index contributed by atoms with van der Waals surface area (Å²) in [5.41, 5.74) is 0.645. The standard InChI is InChI=1S/C21H15NO6/c1-26-15-6-4-7-16(12-15)27-19-10-14(22(24)25)11-20-21(19)17(23)9-13-5-2-3-8-18(13)28-20/h2-8,10-12H,9H2,1H3. The zero-order valence-electron chi connectivity index (χ0n) is 14.9. The maximum atomic E-state index is 12.9. The van der Waals surface area contributed by atoms with E-state index in [-0.39, 0.29) is 35.0 Å². The van der Waals surface area contributed by atoms with Crippen LogP contribution in [0.3, 0.4) is 0 Å². The fourth-order valence-corrected chi connectivity index (χ4v) is 3.04. The molecular weight excluding hydrogens is 362 g/mol. The molecule has 1 aliphatic heterocycles. The highest BCUT2D eigenvalue weighted by Gasteiger charge is 2.28. The van der Waals surface area contributed by atoms with Crippen LogP contribution in [0.1, 0.15) is 15.9 Å². The van der Waals surface area contributed by atoms with Crippen LogP contribution in [-0.2, 0) is 6.42 Å². The van der Waals surface area contributed by atoms with Crippen molar-refractivity contribution in [2.75, 3.05) is 7.11 Å². The van der Waals surface area contributed by atoms with E-state index in [1.807, 2.05) is 6.07 Å². The third kappa shape index (κ3) is 3.25. The molecule has 0 spiro atoms. The van der Waals surface area contributed by atoms with E-state index in [0.29, 0.717) is 22.8 Å². The van der Waals surface area contributed by atoms with Gasteiger partial charge in [0.05, 0.1) is 24.2 Å². The third-order valence-electron chi connectivity index (χ3n) is 4.35. The summed E-state index contributed by atoms with van der Waals surface area (Å²) in [6.45, 7) is 0. The lowest BCUT2D eigenvalue weighted by Gasteiger charge is -2.13. The number of fused-ring (bicyclic) bond motifs is 2. The van der Waals surface area contributed by atoms with Gasteiger partial charge in [-0.05, 0) is 18.2 Å². The van der Waals surface area contributed by atoms with Gasteiger partial charge in [-0.1, -0.05) is 24.3 Å². The molecule has 0 amide bonds. The maximum Gasteiger partial charge on any atom is 0.276 e.